The second-order valence-electron chi connectivity index (χ2n) is 6.02. The summed E-state index contributed by atoms with van der Waals surface area (Å²) in [6, 6.07) is 5.27. The van der Waals surface area contributed by atoms with Gasteiger partial charge in [0.1, 0.15) is 5.82 Å². The second-order valence-corrected chi connectivity index (χ2v) is 6.02. The Morgan fingerprint density at radius 1 is 1.36 bits per heavy atom. The molecule has 1 atom stereocenters. The summed E-state index contributed by atoms with van der Waals surface area (Å²) in [6.07, 6.45) is 2.20. The van der Waals surface area contributed by atoms with Crippen LogP contribution >= 0.6 is 0 Å². The maximum absolute atomic E-state index is 14.2. The summed E-state index contributed by atoms with van der Waals surface area (Å²) in [4.78, 5) is 35.6. The number of nitrogens with one attached hydrogen (secondary N) is 2. The van der Waals surface area contributed by atoms with Gasteiger partial charge in [0, 0.05) is 24.6 Å². The van der Waals surface area contributed by atoms with E-state index in [0.29, 0.717) is 24.1 Å². The number of fused-ring (bicyclic) bond motifs is 1. The van der Waals surface area contributed by atoms with Gasteiger partial charge < -0.3 is 15.1 Å². The molecule has 0 radical (unpaired) electrons. The van der Waals surface area contributed by atoms with E-state index in [1.165, 1.54) is 12.3 Å². The smallest absolute Gasteiger partial charge is 0.254 e. The van der Waals surface area contributed by atoms with Crippen LogP contribution in [0.3, 0.4) is 0 Å². The van der Waals surface area contributed by atoms with Crippen LogP contribution in [0.5, 0.6) is 0 Å². The number of carbonyl (C=O) groups is 3. The third-order valence-corrected chi connectivity index (χ3v) is 4.00. The van der Waals surface area contributed by atoms with Gasteiger partial charge in [-0.15, -0.1) is 0 Å². The quantitative estimate of drug-likeness (QED) is 0.816. The second kappa shape index (κ2) is 6.88. The third-order valence-electron chi connectivity index (χ3n) is 4.00. The number of hydrogen-bond donors (Lipinski definition) is 2. The van der Waals surface area contributed by atoms with Crippen LogP contribution in [0.1, 0.15) is 46.2 Å². The van der Waals surface area contributed by atoms with E-state index in [4.69, 9.17) is 4.42 Å². The average Bonchev–Trinajstić information content (AvgIpc) is 3.08. The van der Waals surface area contributed by atoms with Crippen molar-refractivity contribution in [3.05, 3.63) is 53.2 Å². The molecule has 0 saturated carbocycles. The first-order valence-corrected chi connectivity index (χ1v) is 7.94. The van der Waals surface area contributed by atoms with Crippen molar-refractivity contribution in [2.24, 2.45) is 0 Å². The van der Waals surface area contributed by atoms with E-state index in [2.05, 4.69) is 10.6 Å². The van der Waals surface area contributed by atoms with Crippen molar-refractivity contribution in [1.82, 2.24) is 5.32 Å². The molecule has 0 aliphatic carbocycles. The first kappa shape index (κ1) is 16.9. The van der Waals surface area contributed by atoms with E-state index in [1.807, 2.05) is 0 Å². The zero-order valence-corrected chi connectivity index (χ0v) is 13.6. The molecule has 2 aromatic rings. The van der Waals surface area contributed by atoms with Crippen LogP contribution in [0.4, 0.5) is 10.1 Å². The number of aryl methyl sites for hydroxylation is 1. The van der Waals surface area contributed by atoms with E-state index in [-0.39, 0.29) is 29.4 Å². The number of ketones is 1. The number of anilines is 1. The largest absolute Gasteiger partial charge is 0.461 e. The molecule has 7 heteroatoms. The highest BCUT2D eigenvalue weighted by atomic mass is 19.1. The predicted octanol–water partition coefficient (Wildman–Crippen LogP) is 2.69. The van der Waals surface area contributed by atoms with Crippen LogP contribution in [0.15, 0.2) is 34.9 Å². The maximum Gasteiger partial charge on any atom is 0.254 e. The van der Waals surface area contributed by atoms with Crippen molar-refractivity contribution >= 4 is 23.3 Å². The van der Waals surface area contributed by atoms with Crippen LogP contribution in [-0.2, 0) is 11.2 Å². The summed E-state index contributed by atoms with van der Waals surface area (Å²) in [7, 11) is 0. The number of amides is 2. The summed E-state index contributed by atoms with van der Waals surface area (Å²) in [5.74, 6) is -1.52. The lowest BCUT2D eigenvalue weighted by molar-refractivity contribution is -0.116. The van der Waals surface area contributed by atoms with E-state index in [0.717, 1.165) is 6.07 Å². The highest BCUT2D eigenvalue weighted by Gasteiger charge is 2.22. The molecule has 1 aliphatic heterocycles. The molecule has 2 N–H and O–H groups in total. The minimum atomic E-state index is -0.719. The fourth-order valence-corrected chi connectivity index (χ4v) is 2.74. The summed E-state index contributed by atoms with van der Waals surface area (Å²) < 4.78 is 19.2. The first-order valence-electron chi connectivity index (χ1n) is 7.94. The fourth-order valence-electron chi connectivity index (χ4n) is 2.74. The molecule has 6 nitrogen and oxygen atoms in total. The van der Waals surface area contributed by atoms with Crippen LogP contribution in [0, 0.1) is 5.82 Å². The molecule has 1 aliphatic rings. The van der Waals surface area contributed by atoms with E-state index in [1.54, 1.807) is 19.1 Å². The van der Waals surface area contributed by atoms with Gasteiger partial charge in [-0.1, -0.05) is 0 Å². The van der Waals surface area contributed by atoms with Crippen molar-refractivity contribution in [2.75, 3.05) is 5.32 Å². The minimum absolute atomic E-state index is 0.0435. The molecular weight excluding hydrogens is 327 g/mol. The molecule has 0 bridgehead atoms. The van der Waals surface area contributed by atoms with Gasteiger partial charge >= 0.3 is 0 Å². The van der Waals surface area contributed by atoms with Crippen molar-refractivity contribution in [3.63, 3.8) is 0 Å². The highest BCUT2D eigenvalue weighted by molar-refractivity contribution is 5.99. The number of hydrogen-bond acceptors (Lipinski definition) is 4. The number of Topliss-reactive ketones (excluding diaryl/α,β-unsaturated/α-hetero) is 1. The number of rotatable bonds is 5. The van der Waals surface area contributed by atoms with E-state index >= 15 is 0 Å². The standard InChI is InChI=1S/C18H17FN2O4/c1-10(7-15(22)16-3-2-6-25-16)20-18(24)12-8-11-4-5-17(23)21-14(11)9-13(12)19/h2-3,6,8-10H,4-5,7H2,1H3,(H,20,24)(H,21,23)/t10-/m1/s1. The molecule has 1 aromatic heterocycles. The van der Waals surface area contributed by atoms with Gasteiger partial charge in [-0.25, -0.2) is 4.39 Å². The molecule has 2 heterocycles. The summed E-state index contributed by atoms with van der Waals surface area (Å²) in [5.41, 5.74) is 1.00. The van der Waals surface area contributed by atoms with Crippen LogP contribution < -0.4 is 10.6 Å². The molecule has 0 unspecified atom stereocenters. The Labute approximate surface area is 143 Å². The molecule has 1 aromatic carbocycles. The molecule has 0 fully saturated rings. The molecule has 0 saturated heterocycles. The van der Waals surface area contributed by atoms with Crippen LogP contribution in [0.2, 0.25) is 0 Å². The van der Waals surface area contributed by atoms with E-state index in [9.17, 15) is 18.8 Å². The van der Waals surface area contributed by atoms with Crippen molar-refractivity contribution in [1.29, 1.82) is 0 Å². The van der Waals surface area contributed by atoms with Gasteiger partial charge in [0.25, 0.3) is 5.91 Å². The Balaban J connectivity index is 1.68. The number of benzene rings is 1. The van der Waals surface area contributed by atoms with Crippen LogP contribution in [-0.4, -0.2) is 23.6 Å². The number of halogens is 1. The van der Waals surface area contributed by atoms with Crippen molar-refractivity contribution in [2.45, 2.75) is 32.2 Å². The Morgan fingerprint density at radius 3 is 2.88 bits per heavy atom. The summed E-state index contributed by atoms with van der Waals surface area (Å²) >= 11 is 0. The molecule has 25 heavy (non-hydrogen) atoms. The number of carbonyl (C=O) groups excluding carboxylic acids is 3. The molecule has 2 amide bonds. The maximum atomic E-state index is 14.2. The molecule has 0 spiro atoms. The lowest BCUT2D eigenvalue weighted by atomic mass is 9.99. The predicted molar refractivity (Wildman–Crippen MR) is 87.9 cm³/mol. The normalized spacial score (nSPS) is 14.4. The Kier molecular flexibility index (Phi) is 4.65. The molecule has 3 rings (SSSR count). The lowest BCUT2D eigenvalue weighted by Crippen LogP contribution is -2.35. The van der Waals surface area contributed by atoms with Crippen LogP contribution in [0.25, 0.3) is 0 Å². The third kappa shape index (κ3) is 3.76. The van der Waals surface area contributed by atoms with Gasteiger partial charge in [-0.05, 0) is 43.2 Å². The van der Waals surface area contributed by atoms with Crippen molar-refractivity contribution in [3.8, 4) is 0 Å². The molecular formula is C18H17FN2O4. The Morgan fingerprint density at radius 2 is 2.16 bits per heavy atom. The average molecular weight is 344 g/mol. The topological polar surface area (TPSA) is 88.4 Å². The Bertz CT molecular complexity index is 830. The molecule has 130 valence electrons. The zero-order chi connectivity index (χ0) is 18.0. The fraction of sp³-hybridized carbons (Fsp3) is 0.278. The van der Waals surface area contributed by atoms with Crippen molar-refractivity contribution < 1.29 is 23.2 Å². The zero-order valence-electron chi connectivity index (χ0n) is 13.6. The first-order chi connectivity index (χ1) is 11.9. The summed E-state index contributed by atoms with van der Waals surface area (Å²) in [5, 5.41) is 5.20. The number of furan rings is 1. The summed E-state index contributed by atoms with van der Waals surface area (Å²) in [6.45, 7) is 1.66. The van der Waals surface area contributed by atoms with Gasteiger partial charge in [-0.3, -0.25) is 14.4 Å². The van der Waals surface area contributed by atoms with Gasteiger partial charge in [0.05, 0.1) is 11.8 Å². The van der Waals surface area contributed by atoms with Gasteiger partial charge in [-0.2, -0.15) is 0 Å². The minimum Gasteiger partial charge on any atom is -0.461 e. The SMILES string of the molecule is C[C@H](CC(=O)c1ccco1)NC(=O)c1cc2c(cc1F)NC(=O)CC2. The highest BCUT2D eigenvalue weighted by Crippen LogP contribution is 2.26. The van der Waals surface area contributed by atoms with E-state index < -0.39 is 17.8 Å². The van der Waals surface area contributed by atoms with Gasteiger partial charge in [0.15, 0.2) is 11.5 Å². The van der Waals surface area contributed by atoms with Gasteiger partial charge in [0.2, 0.25) is 5.91 Å². The monoisotopic (exact) mass is 344 g/mol. The lowest BCUT2D eigenvalue weighted by Gasteiger charge is -2.19. The Hall–Kier alpha value is -2.96.